The molecule has 0 radical (unpaired) electrons. The van der Waals surface area contributed by atoms with E-state index in [4.69, 9.17) is 5.73 Å². The molecular weight excluding hydrogens is 450 g/mol. The van der Waals surface area contributed by atoms with Crippen molar-refractivity contribution < 1.29 is 9.59 Å². The SMILES string of the molecule is CCCn1c(=O)[nH]c(=O)c2c(C(=O)Nc3ccc(-n4ccc(C(N)=O)n4)cc3)cc(C3CC3)nc21. The lowest BCUT2D eigenvalue weighted by molar-refractivity contribution is 0.0993. The lowest BCUT2D eigenvalue weighted by atomic mass is 10.1. The Kier molecular flexibility index (Phi) is 5.51. The third-order valence-electron chi connectivity index (χ3n) is 5.89. The maximum atomic E-state index is 13.3. The molecule has 1 fully saturated rings. The lowest BCUT2D eigenvalue weighted by Gasteiger charge is -2.13. The molecule has 178 valence electrons. The first-order valence-corrected chi connectivity index (χ1v) is 11.3. The number of primary amides is 1. The highest BCUT2D eigenvalue weighted by atomic mass is 16.2. The van der Waals surface area contributed by atoms with Crippen molar-refractivity contribution in [1.29, 1.82) is 0 Å². The van der Waals surface area contributed by atoms with Crippen molar-refractivity contribution in [1.82, 2.24) is 24.3 Å². The van der Waals surface area contributed by atoms with Gasteiger partial charge < -0.3 is 11.1 Å². The molecule has 0 unspecified atom stereocenters. The van der Waals surface area contributed by atoms with Crippen LogP contribution in [0.1, 0.15) is 58.6 Å². The minimum Gasteiger partial charge on any atom is -0.364 e. The average molecular weight is 473 g/mol. The molecule has 0 spiro atoms. The predicted octanol–water partition coefficient (Wildman–Crippen LogP) is 1.91. The van der Waals surface area contributed by atoms with Crippen molar-refractivity contribution in [3.63, 3.8) is 0 Å². The molecule has 0 saturated heterocycles. The van der Waals surface area contributed by atoms with Gasteiger partial charge in [-0.1, -0.05) is 6.92 Å². The van der Waals surface area contributed by atoms with Crippen LogP contribution < -0.4 is 22.3 Å². The van der Waals surface area contributed by atoms with Gasteiger partial charge >= 0.3 is 5.69 Å². The number of aromatic amines is 1. The number of aromatic nitrogens is 5. The number of hydrogen-bond acceptors (Lipinski definition) is 6. The molecule has 4 aromatic rings. The van der Waals surface area contributed by atoms with E-state index in [1.165, 1.54) is 15.3 Å². The zero-order valence-corrected chi connectivity index (χ0v) is 18.9. The van der Waals surface area contributed by atoms with Gasteiger partial charge in [0.05, 0.1) is 16.6 Å². The molecule has 1 aliphatic rings. The molecule has 3 heterocycles. The quantitative estimate of drug-likeness (QED) is 0.372. The van der Waals surface area contributed by atoms with E-state index >= 15 is 0 Å². The molecule has 0 atom stereocenters. The highest BCUT2D eigenvalue weighted by molar-refractivity contribution is 6.11. The number of aryl methyl sites for hydroxylation is 1. The van der Waals surface area contributed by atoms with Crippen LogP contribution in [0.3, 0.4) is 0 Å². The van der Waals surface area contributed by atoms with Crippen molar-refractivity contribution >= 4 is 28.5 Å². The molecule has 3 aromatic heterocycles. The minimum absolute atomic E-state index is 0.0899. The fourth-order valence-electron chi connectivity index (χ4n) is 3.99. The Labute approximate surface area is 198 Å². The van der Waals surface area contributed by atoms with E-state index in [1.54, 1.807) is 36.5 Å². The summed E-state index contributed by atoms with van der Waals surface area (Å²) in [6, 6.07) is 9.97. The zero-order chi connectivity index (χ0) is 24.7. The van der Waals surface area contributed by atoms with Gasteiger partial charge in [0.15, 0.2) is 5.65 Å². The molecule has 1 saturated carbocycles. The summed E-state index contributed by atoms with van der Waals surface area (Å²) >= 11 is 0. The Morgan fingerprint density at radius 3 is 2.54 bits per heavy atom. The summed E-state index contributed by atoms with van der Waals surface area (Å²) < 4.78 is 2.91. The van der Waals surface area contributed by atoms with Gasteiger partial charge in [-0.2, -0.15) is 5.10 Å². The number of rotatable bonds is 7. The number of anilines is 1. The van der Waals surface area contributed by atoms with Crippen LogP contribution in [0, 0.1) is 0 Å². The summed E-state index contributed by atoms with van der Waals surface area (Å²) in [4.78, 5) is 56.7. The molecule has 11 heteroatoms. The smallest absolute Gasteiger partial charge is 0.329 e. The molecule has 1 aliphatic carbocycles. The van der Waals surface area contributed by atoms with Crippen LogP contribution in [0.2, 0.25) is 0 Å². The molecule has 5 rings (SSSR count). The summed E-state index contributed by atoms with van der Waals surface area (Å²) in [5.74, 6) is -0.884. The first kappa shape index (κ1) is 22.3. The van der Waals surface area contributed by atoms with Crippen LogP contribution in [0.4, 0.5) is 5.69 Å². The molecule has 0 aliphatic heterocycles. The van der Waals surface area contributed by atoms with Crippen molar-refractivity contribution in [3.8, 4) is 5.69 Å². The number of carbonyl (C=O) groups is 2. The fourth-order valence-corrected chi connectivity index (χ4v) is 3.99. The summed E-state index contributed by atoms with van der Waals surface area (Å²) in [5, 5.41) is 7.02. The molecule has 2 amide bonds. The van der Waals surface area contributed by atoms with Crippen LogP contribution in [0.5, 0.6) is 0 Å². The highest BCUT2D eigenvalue weighted by Gasteiger charge is 2.28. The van der Waals surface area contributed by atoms with E-state index in [0.717, 1.165) is 12.8 Å². The monoisotopic (exact) mass is 473 g/mol. The topological polar surface area (TPSA) is 158 Å². The van der Waals surface area contributed by atoms with Crippen molar-refractivity contribution in [2.45, 2.75) is 38.6 Å². The van der Waals surface area contributed by atoms with E-state index < -0.39 is 23.1 Å². The number of nitrogens with zero attached hydrogens (tertiary/aromatic N) is 4. The van der Waals surface area contributed by atoms with E-state index in [2.05, 4.69) is 20.4 Å². The third-order valence-corrected chi connectivity index (χ3v) is 5.89. The second-order valence-electron chi connectivity index (χ2n) is 8.49. The third kappa shape index (κ3) is 4.23. The number of pyridine rings is 1. The van der Waals surface area contributed by atoms with Gasteiger partial charge in [0.25, 0.3) is 17.4 Å². The Hall–Kier alpha value is -4.54. The summed E-state index contributed by atoms with van der Waals surface area (Å²) in [6.45, 7) is 2.30. The Balaban J connectivity index is 1.51. The summed E-state index contributed by atoms with van der Waals surface area (Å²) in [6.07, 6.45) is 4.18. The number of carbonyl (C=O) groups excluding carboxylic acids is 2. The standard InChI is InChI=1S/C24H23N7O4/c1-2-10-30-21-19(23(34)28-24(30)35)16(12-18(27-21)13-3-4-13)22(33)26-14-5-7-15(8-6-14)31-11-9-17(29-31)20(25)32/h5-9,11-13H,2-4,10H2,1H3,(H2,25,32)(H,26,33)(H,28,34,35). The largest absolute Gasteiger partial charge is 0.364 e. The van der Waals surface area contributed by atoms with Gasteiger partial charge in [-0.25, -0.2) is 14.5 Å². The van der Waals surface area contributed by atoms with Crippen LogP contribution in [-0.4, -0.2) is 36.1 Å². The van der Waals surface area contributed by atoms with Gasteiger partial charge in [-0.3, -0.25) is 23.9 Å². The maximum Gasteiger partial charge on any atom is 0.329 e. The number of H-pyrrole nitrogens is 1. The molecule has 11 nitrogen and oxygen atoms in total. The van der Waals surface area contributed by atoms with Gasteiger partial charge in [0, 0.05) is 30.0 Å². The molecule has 35 heavy (non-hydrogen) atoms. The van der Waals surface area contributed by atoms with Crippen molar-refractivity contribution in [2.24, 2.45) is 5.73 Å². The minimum atomic E-state index is -0.642. The van der Waals surface area contributed by atoms with Gasteiger partial charge in [-0.15, -0.1) is 0 Å². The van der Waals surface area contributed by atoms with E-state index in [1.807, 2.05) is 6.92 Å². The van der Waals surface area contributed by atoms with Crippen LogP contribution in [-0.2, 0) is 6.54 Å². The number of nitrogens with two attached hydrogens (primary N) is 1. The molecular formula is C24H23N7O4. The number of fused-ring (bicyclic) bond motifs is 1. The van der Waals surface area contributed by atoms with Crippen LogP contribution in [0.25, 0.3) is 16.7 Å². The number of hydrogen-bond donors (Lipinski definition) is 3. The van der Waals surface area contributed by atoms with E-state index in [-0.39, 0.29) is 28.2 Å². The Bertz CT molecular complexity index is 1580. The number of benzene rings is 1. The van der Waals surface area contributed by atoms with Gasteiger partial charge in [-0.05, 0) is 55.7 Å². The molecule has 4 N–H and O–H groups in total. The van der Waals surface area contributed by atoms with Crippen molar-refractivity contribution in [3.05, 3.63) is 80.4 Å². The Morgan fingerprint density at radius 1 is 1.17 bits per heavy atom. The highest BCUT2D eigenvalue weighted by Crippen LogP contribution is 2.40. The first-order chi connectivity index (χ1) is 16.9. The number of amides is 2. The molecule has 1 aromatic carbocycles. The van der Waals surface area contributed by atoms with E-state index in [9.17, 15) is 19.2 Å². The average Bonchev–Trinajstić information content (AvgIpc) is 3.57. The second-order valence-corrected chi connectivity index (χ2v) is 8.49. The number of nitrogens with one attached hydrogen (secondary N) is 2. The van der Waals surface area contributed by atoms with Crippen molar-refractivity contribution in [2.75, 3.05) is 5.32 Å². The molecule has 0 bridgehead atoms. The zero-order valence-electron chi connectivity index (χ0n) is 18.9. The van der Waals surface area contributed by atoms with Crippen LogP contribution in [0.15, 0.2) is 52.2 Å². The lowest BCUT2D eigenvalue weighted by Crippen LogP contribution is -2.32. The fraction of sp³-hybridized carbons (Fsp3) is 0.250. The maximum absolute atomic E-state index is 13.3. The first-order valence-electron chi connectivity index (χ1n) is 11.3. The van der Waals surface area contributed by atoms with Gasteiger partial charge in [0.1, 0.15) is 5.69 Å². The summed E-state index contributed by atoms with van der Waals surface area (Å²) in [7, 11) is 0. The van der Waals surface area contributed by atoms with Gasteiger partial charge in [0.2, 0.25) is 0 Å². The Morgan fingerprint density at radius 2 is 1.91 bits per heavy atom. The summed E-state index contributed by atoms with van der Waals surface area (Å²) in [5.41, 5.74) is 6.48. The normalized spacial score (nSPS) is 13.2. The second kappa shape index (κ2) is 8.67. The predicted molar refractivity (Wildman–Crippen MR) is 129 cm³/mol. The van der Waals surface area contributed by atoms with E-state index in [0.29, 0.717) is 30.0 Å². The van der Waals surface area contributed by atoms with Crippen LogP contribution >= 0.6 is 0 Å².